The van der Waals surface area contributed by atoms with Crippen molar-refractivity contribution in [2.45, 2.75) is 18.8 Å². The van der Waals surface area contributed by atoms with E-state index in [1.807, 2.05) is 6.07 Å². The van der Waals surface area contributed by atoms with Crippen LogP contribution in [0.5, 0.6) is 0 Å². The van der Waals surface area contributed by atoms with Crippen molar-refractivity contribution in [3.8, 4) is 0 Å². The predicted molar refractivity (Wildman–Crippen MR) is 47.8 cm³/mol. The van der Waals surface area contributed by atoms with Crippen LogP contribution in [-0.2, 0) is 0 Å². The fourth-order valence-electron chi connectivity index (χ4n) is 1.16. The van der Waals surface area contributed by atoms with Crippen molar-refractivity contribution < 1.29 is 0 Å². The zero-order valence-electron chi connectivity index (χ0n) is 6.83. The van der Waals surface area contributed by atoms with Crippen LogP contribution in [0.25, 0.3) is 0 Å². The molecule has 0 bridgehead atoms. The van der Waals surface area contributed by atoms with E-state index in [0.29, 0.717) is 5.92 Å². The first kappa shape index (κ1) is 7.28. The third-order valence-corrected chi connectivity index (χ3v) is 1.93. The summed E-state index contributed by atoms with van der Waals surface area (Å²) in [7, 11) is 0. The van der Waals surface area contributed by atoms with E-state index in [-0.39, 0.29) is 0 Å². The Balaban J connectivity index is 2.20. The molecular formula is C9H11N3. The Morgan fingerprint density at radius 1 is 1.50 bits per heavy atom. The zero-order valence-corrected chi connectivity index (χ0v) is 6.83. The molecule has 0 unspecified atom stereocenters. The molecule has 1 fully saturated rings. The molecule has 1 aromatic heterocycles. The molecule has 1 aromatic rings. The molecule has 0 amide bonds. The van der Waals surface area contributed by atoms with Crippen LogP contribution >= 0.6 is 0 Å². The molecule has 1 saturated carbocycles. The lowest BCUT2D eigenvalue weighted by molar-refractivity contribution is 0.989. The van der Waals surface area contributed by atoms with Gasteiger partial charge in [0.15, 0.2) is 0 Å². The Labute approximate surface area is 71.5 Å². The highest BCUT2D eigenvalue weighted by molar-refractivity contribution is 5.38. The van der Waals surface area contributed by atoms with Gasteiger partial charge in [-0.25, -0.2) is 9.97 Å². The molecule has 3 heteroatoms. The highest BCUT2D eigenvalue weighted by atomic mass is 15.0. The second-order valence-electron chi connectivity index (χ2n) is 2.95. The maximum Gasteiger partial charge on any atom is 0.133 e. The van der Waals surface area contributed by atoms with Crippen LogP contribution in [0.1, 0.15) is 24.5 Å². The largest absolute Gasteiger partial charge is 0.347 e. The number of aromatic nitrogens is 2. The summed E-state index contributed by atoms with van der Waals surface area (Å²) in [6.45, 7) is 3.57. The minimum atomic E-state index is 0.679. The SMILES string of the molecule is C=CNc1cc(C2CC2)ncn1. The molecule has 0 radical (unpaired) electrons. The Morgan fingerprint density at radius 3 is 3.00 bits per heavy atom. The number of hydrogen-bond donors (Lipinski definition) is 1. The molecule has 3 nitrogen and oxygen atoms in total. The first-order chi connectivity index (χ1) is 5.90. The lowest BCUT2D eigenvalue weighted by atomic mass is 10.3. The van der Waals surface area contributed by atoms with Gasteiger partial charge in [-0.05, 0) is 19.0 Å². The van der Waals surface area contributed by atoms with Gasteiger partial charge in [0.1, 0.15) is 12.1 Å². The van der Waals surface area contributed by atoms with Crippen LogP contribution < -0.4 is 5.32 Å². The molecule has 0 spiro atoms. The van der Waals surface area contributed by atoms with Gasteiger partial charge in [0.05, 0.1) is 0 Å². The van der Waals surface area contributed by atoms with Gasteiger partial charge in [-0.1, -0.05) is 6.58 Å². The van der Waals surface area contributed by atoms with E-state index in [9.17, 15) is 0 Å². The average Bonchev–Trinajstić information content (AvgIpc) is 2.88. The van der Waals surface area contributed by atoms with E-state index in [4.69, 9.17) is 0 Å². The van der Waals surface area contributed by atoms with Gasteiger partial charge in [0.25, 0.3) is 0 Å². The normalized spacial score (nSPS) is 15.7. The van der Waals surface area contributed by atoms with Crippen molar-refractivity contribution in [1.29, 1.82) is 0 Å². The molecule has 0 aliphatic heterocycles. The van der Waals surface area contributed by atoms with E-state index < -0.39 is 0 Å². The molecule has 2 rings (SSSR count). The average molecular weight is 161 g/mol. The Bertz CT molecular complexity index is 292. The maximum absolute atomic E-state index is 4.20. The summed E-state index contributed by atoms with van der Waals surface area (Å²) >= 11 is 0. The van der Waals surface area contributed by atoms with Crippen molar-refractivity contribution in [3.63, 3.8) is 0 Å². The molecular weight excluding hydrogens is 150 g/mol. The molecule has 1 aliphatic carbocycles. The maximum atomic E-state index is 4.20. The molecule has 0 saturated heterocycles. The van der Waals surface area contributed by atoms with Crippen molar-refractivity contribution in [2.75, 3.05) is 5.32 Å². The number of hydrogen-bond acceptors (Lipinski definition) is 3. The fraction of sp³-hybridized carbons (Fsp3) is 0.333. The van der Waals surface area contributed by atoms with E-state index in [2.05, 4.69) is 21.9 Å². The van der Waals surface area contributed by atoms with Gasteiger partial charge < -0.3 is 5.32 Å². The first-order valence-electron chi connectivity index (χ1n) is 4.09. The minimum absolute atomic E-state index is 0.679. The quantitative estimate of drug-likeness (QED) is 0.735. The van der Waals surface area contributed by atoms with E-state index >= 15 is 0 Å². The molecule has 12 heavy (non-hydrogen) atoms. The van der Waals surface area contributed by atoms with Crippen LogP contribution in [0.15, 0.2) is 25.2 Å². The standard InChI is InChI=1S/C9H11N3/c1-2-10-9-5-8(7-3-4-7)11-6-12-9/h2,5-7H,1,3-4H2,(H,10,11,12). The van der Waals surface area contributed by atoms with Crippen LogP contribution in [0, 0.1) is 0 Å². The summed E-state index contributed by atoms with van der Waals surface area (Å²) in [6.07, 6.45) is 5.76. The zero-order chi connectivity index (χ0) is 8.39. The fourth-order valence-corrected chi connectivity index (χ4v) is 1.16. The van der Waals surface area contributed by atoms with Gasteiger partial charge in [0.2, 0.25) is 0 Å². The number of nitrogens with zero attached hydrogens (tertiary/aromatic N) is 2. The lowest BCUT2D eigenvalue weighted by Gasteiger charge is -2.00. The summed E-state index contributed by atoms with van der Waals surface area (Å²) in [6, 6.07) is 1.99. The first-order valence-corrected chi connectivity index (χ1v) is 4.09. The van der Waals surface area contributed by atoms with Crippen LogP contribution in [0.4, 0.5) is 5.82 Å². The number of nitrogens with one attached hydrogen (secondary N) is 1. The Kier molecular flexibility index (Phi) is 1.78. The topological polar surface area (TPSA) is 37.8 Å². The molecule has 0 atom stereocenters. The molecule has 1 aliphatic rings. The van der Waals surface area contributed by atoms with Gasteiger partial charge in [-0.2, -0.15) is 0 Å². The highest BCUT2D eigenvalue weighted by Gasteiger charge is 2.24. The molecule has 62 valence electrons. The monoisotopic (exact) mass is 161 g/mol. The predicted octanol–water partition coefficient (Wildman–Crippen LogP) is 1.91. The summed E-state index contributed by atoms with van der Waals surface area (Å²) in [5.74, 6) is 1.51. The molecule has 1 N–H and O–H groups in total. The van der Waals surface area contributed by atoms with Gasteiger partial charge in [0, 0.05) is 17.7 Å². The minimum Gasteiger partial charge on any atom is -0.347 e. The number of rotatable bonds is 3. The van der Waals surface area contributed by atoms with Gasteiger partial charge in [-0.3, -0.25) is 0 Å². The van der Waals surface area contributed by atoms with Crippen molar-refractivity contribution in [3.05, 3.63) is 30.9 Å². The van der Waals surface area contributed by atoms with Gasteiger partial charge >= 0.3 is 0 Å². The second-order valence-corrected chi connectivity index (χ2v) is 2.95. The Morgan fingerprint density at radius 2 is 2.33 bits per heavy atom. The van der Waals surface area contributed by atoms with E-state index in [1.54, 1.807) is 12.5 Å². The van der Waals surface area contributed by atoms with Crippen molar-refractivity contribution >= 4 is 5.82 Å². The summed E-state index contributed by atoms with van der Waals surface area (Å²) < 4.78 is 0. The van der Waals surface area contributed by atoms with Crippen molar-refractivity contribution in [1.82, 2.24) is 9.97 Å². The van der Waals surface area contributed by atoms with Crippen LogP contribution in [0.3, 0.4) is 0 Å². The summed E-state index contributed by atoms with van der Waals surface area (Å²) in [4.78, 5) is 8.24. The summed E-state index contributed by atoms with van der Waals surface area (Å²) in [5.41, 5.74) is 1.15. The van der Waals surface area contributed by atoms with E-state index in [0.717, 1.165) is 11.5 Å². The highest BCUT2D eigenvalue weighted by Crippen LogP contribution is 2.39. The third-order valence-electron chi connectivity index (χ3n) is 1.93. The van der Waals surface area contributed by atoms with Crippen LogP contribution in [-0.4, -0.2) is 9.97 Å². The van der Waals surface area contributed by atoms with E-state index in [1.165, 1.54) is 12.8 Å². The molecule has 1 heterocycles. The lowest BCUT2D eigenvalue weighted by Crippen LogP contribution is -1.94. The third kappa shape index (κ3) is 1.44. The van der Waals surface area contributed by atoms with Crippen molar-refractivity contribution in [2.24, 2.45) is 0 Å². The Hall–Kier alpha value is -1.38. The van der Waals surface area contributed by atoms with Gasteiger partial charge in [-0.15, -0.1) is 0 Å². The van der Waals surface area contributed by atoms with Crippen LogP contribution in [0.2, 0.25) is 0 Å². The second kappa shape index (κ2) is 2.93. The number of anilines is 1. The smallest absolute Gasteiger partial charge is 0.133 e. The summed E-state index contributed by atoms with van der Waals surface area (Å²) in [5, 5.41) is 2.94. The molecule has 0 aromatic carbocycles.